The van der Waals surface area contributed by atoms with Crippen molar-refractivity contribution in [2.75, 3.05) is 0 Å². The fourth-order valence-corrected chi connectivity index (χ4v) is 1.51. The standard InChI is InChI=1S/C13H9ClFO.BrH.Mg/c14-11-5-3-4-10(8-11)9-16-13-7-2-1-6-12(13)15;;/h2-8H,9H2;1H;/q-1;;+2/p-1. The topological polar surface area (TPSA) is 9.23 Å². The molecule has 2 aromatic rings. The fourth-order valence-electron chi connectivity index (χ4n) is 1.30. The smallest absolute Gasteiger partial charge is 1.00 e. The zero-order valence-electron chi connectivity index (χ0n) is 9.50. The van der Waals surface area contributed by atoms with Crippen LogP contribution < -0.4 is 21.7 Å². The summed E-state index contributed by atoms with van der Waals surface area (Å²) < 4.78 is 18.5. The number of benzene rings is 2. The van der Waals surface area contributed by atoms with E-state index in [-0.39, 0.29) is 45.8 Å². The Kier molecular flexibility index (Phi) is 8.60. The van der Waals surface area contributed by atoms with Gasteiger partial charge in [-0.05, 0) is 17.7 Å². The molecule has 0 spiro atoms. The molecule has 0 amide bonds. The number of ether oxygens (including phenoxy) is 1. The Balaban J connectivity index is 0.00000144. The van der Waals surface area contributed by atoms with Crippen molar-refractivity contribution in [3.05, 3.63) is 64.9 Å². The van der Waals surface area contributed by atoms with Gasteiger partial charge in [-0.15, -0.1) is 12.1 Å². The summed E-state index contributed by atoms with van der Waals surface area (Å²) in [6.45, 7) is 0.293. The third-order valence-electron chi connectivity index (χ3n) is 2.06. The van der Waals surface area contributed by atoms with Crippen molar-refractivity contribution in [2.24, 2.45) is 0 Å². The molecule has 0 unspecified atom stereocenters. The first kappa shape index (κ1) is 17.7. The largest absolute Gasteiger partial charge is 2.00 e. The molecule has 5 heteroatoms. The average molecular weight is 340 g/mol. The summed E-state index contributed by atoms with van der Waals surface area (Å²) in [5.41, 5.74) is 0.903. The second-order valence-corrected chi connectivity index (χ2v) is 3.71. The molecule has 0 heterocycles. The van der Waals surface area contributed by atoms with E-state index in [1.54, 1.807) is 24.3 Å². The van der Waals surface area contributed by atoms with Gasteiger partial charge in [-0.25, -0.2) is 0 Å². The van der Waals surface area contributed by atoms with Gasteiger partial charge < -0.3 is 21.7 Å². The normalized spacial score (nSPS) is 9.00. The average Bonchev–Trinajstić information content (AvgIpc) is 2.28. The Bertz CT molecular complexity index is 496. The van der Waals surface area contributed by atoms with Gasteiger partial charge in [-0.3, -0.25) is 4.39 Å². The van der Waals surface area contributed by atoms with Crippen molar-refractivity contribution >= 4 is 34.7 Å². The summed E-state index contributed by atoms with van der Waals surface area (Å²) >= 11 is 5.82. The fraction of sp³-hybridized carbons (Fsp3) is 0.0769. The minimum Gasteiger partial charge on any atom is -1.00 e. The molecule has 90 valence electrons. The van der Waals surface area contributed by atoms with Gasteiger partial charge >= 0.3 is 23.1 Å². The molecule has 18 heavy (non-hydrogen) atoms. The Morgan fingerprint density at radius 3 is 2.72 bits per heavy atom. The minimum atomic E-state index is -0.412. The Labute approximate surface area is 137 Å². The van der Waals surface area contributed by atoms with Crippen LogP contribution in [0.2, 0.25) is 5.02 Å². The van der Waals surface area contributed by atoms with E-state index >= 15 is 0 Å². The van der Waals surface area contributed by atoms with Crippen LogP contribution in [0, 0.1) is 11.9 Å². The van der Waals surface area contributed by atoms with Crippen LogP contribution in [0.5, 0.6) is 5.75 Å². The van der Waals surface area contributed by atoms with Crippen LogP contribution in [0.1, 0.15) is 5.56 Å². The van der Waals surface area contributed by atoms with Gasteiger partial charge in [0, 0.05) is 16.6 Å². The van der Waals surface area contributed by atoms with Crippen LogP contribution in [0.15, 0.2) is 42.5 Å². The van der Waals surface area contributed by atoms with Crippen LogP contribution >= 0.6 is 11.6 Å². The second kappa shape index (κ2) is 8.75. The van der Waals surface area contributed by atoms with Gasteiger partial charge in [0.15, 0.2) is 0 Å². The van der Waals surface area contributed by atoms with Crippen molar-refractivity contribution in [1.82, 2.24) is 0 Å². The van der Waals surface area contributed by atoms with Crippen molar-refractivity contribution in [3.63, 3.8) is 0 Å². The van der Waals surface area contributed by atoms with E-state index in [0.717, 1.165) is 5.56 Å². The van der Waals surface area contributed by atoms with Gasteiger partial charge in [-0.2, -0.15) is 12.1 Å². The molecule has 0 bridgehead atoms. The quantitative estimate of drug-likeness (QED) is 0.584. The van der Waals surface area contributed by atoms with Crippen LogP contribution in [0.3, 0.4) is 0 Å². The predicted molar refractivity (Wildman–Crippen MR) is 66.8 cm³/mol. The van der Waals surface area contributed by atoms with E-state index in [1.807, 2.05) is 12.1 Å². The number of hydrogen-bond acceptors (Lipinski definition) is 1. The molecular formula is C13H9BrClFMgO. The van der Waals surface area contributed by atoms with E-state index in [4.69, 9.17) is 16.3 Å². The summed E-state index contributed by atoms with van der Waals surface area (Å²) in [6, 6.07) is 14.3. The van der Waals surface area contributed by atoms with Crippen LogP contribution in [0.4, 0.5) is 4.39 Å². The summed E-state index contributed by atoms with van der Waals surface area (Å²) in [5, 5.41) is 0.642. The van der Waals surface area contributed by atoms with Crippen LogP contribution in [0.25, 0.3) is 0 Å². The molecule has 0 N–H and O–H groups in total. The van der Waals surface area contributed by atoms with Gasteiger partial charge in [0.2, 0.25) is 0 Å². The van der Waals surface area contributed by atoms with E-state index in [2.05, 4.69) is 6.07 Å². The Hall–Kier alpha value is -0.294. The summed E-state index contributed by atoms with van der Waals surface area (Å²) in [5.74, 6) is -0.191. The maximum atomic E-state index is 13.2. The van der Waals surface area contributed by atoms with E-state index < -0.39 is 5.82 Å². The molecule has 0 saturated carbocycles. The summed E-state index contributed by atoms with van der Waals surface area (Å²) in [4.78, 5) is 0. The first-order valence-corrected chi connectivity index (χ1v) is 5.16. The maximum Gasteiger partial charge on any atom is 2.00 e. The molecule has 0 aromatic heterocycles. The van der Waals surface area contributed by atoms with E-state index in [0.29, 0.717) is 11.6 Å². The van der Waals surface area contributed by atoms with Gasteiger partial charge in [0.1, 0.15) is 6.61 Å². The Morgan fingerprint density at radius 2 is 2.06 bits per heavy atom. The zero-order valence-corrected chi connectivity index (χ0v) is 13.3. The van der Waals surface area contributed by atoms with Gasteiger partial charge in [-0.1, -0.05) is 23.7 Å². The zero-order chi connectivity index (χ0) is 11.4. The Morgan fingerprint density at radius 1 is 1.28 bits per heavy atom. The molecule has 2 rings (SSSR count). The van der Waals surface area contributed by atoms with Gasteiger partial charge in [0.05, 0.1) is 0 Å². The van der Waals surface area contributed by atoms with Crippen molar-refractivity contribution < 1.29 is 26.1 Å². The van der Waals surface area contributed by atoms with E-state index in [9.17, 15) is 4.39 Å². The second-order valence-electron chi connectivity index (χ2n) is 3.28. The molecule has 0 aliphatic carbocycles. The molecule has 0 fully saturated rings. The first-order chi connectivity index (χ1) is 7.75. The number of halogens is 3. The van der Waals surface area contributed by atoms with Crippen molar-refractivity contribution in [1.29, 1.82) is 0 Å². The predicted octanol–water partition coefficient (Wildman–Crippen LogP) is 0.481. The monoisotopic (exact) mass is 338 g/mol. The maximum absolute atomic E-state index is 13.2. The molecule has 0 saturated heterocycles. The van der Waals surface area contributed by atoms with Gasteiger partial charge in [0.25, 0.3) is 0 Å². The van der Waals surface area contributed by atoms with Crippen molar-refractivity contribution in [2.45, 2.75) is 6.61 Å². The molecule has 2 aromatic carbocycles. The van der Waals surface area contributed by atoms with E-state index in [1.165, 1.54) is 6.07 Å². The van der Waals surface area contributed by atoms with Crippen LogP contribution in [-0.4, -0.2) is 23.1 Å². The third-order valence-corrected chi connectivity index (χ3v) is 2.29. The first-order valence-electron chi connectivity index (χ1n) is 4.78. The minimum absolute atomic E-state index is 0. The molecule has 0 aliphatic rings. The molecule has 0 radical (unpaired) electrons. The third kappa shape index (κ3) is 5.14. The number of hydrogen-bond donors (Lipinski definition) is 0. The molecular weight excluding hydrogens is 331 g/mol. The van der Waals surface area contributed by atoms with Crippen molar-refractivity contribution in [3.8, 4) is 5.75 Å². The number of rotatable bonds is 3. The molecule has 1 nitrogen and oxygen atoms in total. The van der Waals surface area contributed by atoms with Crippen LogP contribution in [-0.2, 0) is 6.61 Å². The summed E-state index contributed by atoms with van der Waals surface area (Å²) in [7, 11) is 0. The molecule has 0 atom stereocenters. The molecule has 0 aliphatic heterocycles. The summed E-state index contributed by atoms with van der Waals surface area (Å²) in [6.07, 6.45) is 0. The SMILES string of the molecule is Fc1c[c-]ccc1OCc1cccc(Cl)c1.[Br-].[Mg+2].